The molecule has 0 amide bonds. The van der Waals surface area contributed by atoms with Crippen LogP contribution >= 0.6 is 0 Å². The molecule has 0 atom stereocenters. The van der Waals surface area contributed by atoms with Crippen LogP contribution in [-0.2, 0) is 12.8 Å². The van der Waals surface area contributed by atoms with E-state index in [-0.39, 0.29) is 0 Å². The fraction of sp³-hybridized carbons (Fsp3) is 0.333. The van der Waals surface area contributed by atoms with Crippen molar-refractivity contribution in [3.05, 3.63) is 71.3 Å². The van der Waals surface area contributed by atoms with Gasteiger partial charge in [0.2, 0.25) is 0 Å². The summed E-state index contributed by atoms with van der Waals surface area (Å²) in [4.78, 5) is 0. The largest absolute Gasteiger partial charge is 0.494 e. The maximum atomic E-state index is 5.81. The third-order valence-corrected chi connectivity index (χ3v) is 4.69. The Kier molecular flexibility index (Phi) is 7.13. The van der Waals surface area contributed by atoms with Crippen LogP contribution in [0.3, 0.4) is 0 Å². The van der Waals surface area contributed by atoms with Gasteiger partial charge >= 0.3 is 0 Å². The highest BCUT2D eigenvalue weighted by Crippen LogP contribution is 2.16. The van der Waals surface area contributed by atoms with E-state index in [0.29, 0.717) is 26.1 Å². The monoisotopic (exact) mass is 420 g/mol. The van der Waals surface area contributed by atoms with Crippen LogP contribution < -0.4 is 9.47 Å². The molecule has 4 aromatic rings. The lowest BCUT2D eigenvalue weighted by molar-refractivity contribution is 0.279. The van der Waals surface area contributed by atoms with Gasteiger partial charge in [-0.2, -0.15) is 0 Å². The summed E-state index contributed by atoms with van der Waals surface area (Å²) in [6.07, 6.45) is 4.37. The molecule has 0 fully saturated rings. The molecule has 0 radical (unpaired) electrons. The molecule has 10 heteroatoms. The molecule has 2 N–H and O–H groups in total. The summed E-state index contributed by atoms with van der Waals surface area (Å²) in [5.74, 6) is 3.24. The first-order valence-corrected chi connectivity index (χ1v) is 10.2. The number of nitrogens with zero attached hydrogens (tertiary/aromatic N) is 6. The van der Waals surface area contributed by atoms with Crippen LogP contribution in [0.2, 0.25) is 0 Å². The Bertz CT molecular complexity index is 919. The Labute approximate surface area is 179 Å². The molecule has 2 aromatic carbocycles. The van der Waals surface area contributed by atoms with E-state index in [4.69, 9.17) is 9.47 Å². The topological polar surface area (TPSA) is 127 Å². The first kappa shape index (κ1) is 20.5. The predicted molar refractivity (Wildman–Crippen MR) is 112 cm³/mol. The van der Waals surface area contributed by atoms with Crippen molar-refractivity contribution in [2.75, 3.05) is 13.2 Å². The van der Waals surface area contributed by atoms with Crippen LogP contribution in [-0.4, -0.2) is 54.5 Å². The number of aromatic amines is 2. The third kappa shape index (κ3) is 6.59. The summed E-state index contributed by atoms with van der Waals surface area (Å²) in [6.45, 7) is 1.38. The van der Waals surface area contributed by atoms with Crippen LogP contribution in [0.4, 0.5) is 0 Å². The Morgan fingerprint density at radius 2 is 1.03 bits per heavy atom. The molecule has 0 spiro atoms. The molecular formula is C21H24N8O2. The van der Waals surface area contributed by atoms with Crippen molar-refractivity contribution in [1.29, 1.82) is 0 Å². The quantitative estimate of drug-likeness (QED) is 0.335. The van der Waals surface area contributed by atoms with Gasteiger partial charge in [-0.05, 0) is 75.5 Å². The maximum Gasteiger partial charge on any atom is 0.152 e. The number of nitrogens with one attached hydrogen (secondary N) is 2. The number of hydrogen-bond acceptors (Lipinski definition) is 8. The lowest BCUT2D eigenvalue weighted by Gasteiger charge is -2.08. The summed E-state index contributed by atoms with van der Waals surface area (Å²) < 4.78 is 11.6. The first-order valence-electron chi connectivity index (χ1n) is 10.2. The number of hydrogen-bond donors (Lipinski definition) is 2. The maximum absolute atomic E-state index is 5.81. The number of aromatic nitrogens is 8. The molecule has 2 heterocycles. The number of H-pyrrole nitrogens is 2. The fourth-order valence-electron chi connectivity index (χ4n) is 3.06. The standard InChI is InChI=1S/C21H24N8O2/c1(2-12-30-18-8-4-16(5-9-18)14-20-22-26-27-23-20)3-13-31-19-10-6-17(7-11-19)15-21-24-28-29-25-21/h4-11H,1-3,12-15H2,(H,22,23,26,27)(H,24,25,28,29). The van der Waals surface area contributed by atoms with Gasteiger partial charge < -0.3 is 9.47 Å². The molecule has 0 unspecified atom stereocenters. The minimum Gasteiger partial charge on any atom is -0.494 e. The second-order valence-corrected chi connectivity index (χ2v) is 7.09. The Morgan fingerprint density at radius 3 is 1.42 bits per heavy atom. The van der Waals surface area contributed by atoms with Crippen molar-refractivity contribution in [3.8, 4) is 11.5 Å². The Hall–Kier alpha value is -3.82. The summed E-state index contributed by atoms with van der Waals surface area (Å²) in [5, 5.41) is 27.6. The third-order valence-electron chi connectivity index (χ3n) is 4.69. The van der Waals surface area contributed by atoms with E-state index < -0.39 is 0 Å². The van der Waals surface area contributed by atoms with E-state index >= 15 is 0 Å². The number of ether oxygens (including phenoxy) is 2. The summed E-state index contributed by atoms with van der Waals surface area (Å²) in [5.41, 5.74) is 2.26. The summed E-state index contributed by atoms with van der Waals surface area (Å²) >= 11 is 0. The van der Waals surface area contributed by atoms with Gasteiger partial charge in [-0.3, -0.25) is 0 Å². The molecule has 0 aliphatic rings. The van der Waals surface area contributed by atoms with Gasteiger partial charge in [0, 0.05) is 12.8 Å². The van der Waals surface area contributed by atoms with Crippen molar-refractivity contribution >= 4 is 0 Å². The number of unbranched alkanes of at least 4 members (excludes halogenated alkanes) is 2. The van der Waals surface area contributed by atoms with E-state index in [2.05, 4.69) is 41.2 Å². The molecule has 31 heavy (non-hydrogen) atoms. The number of benzene rings is 2. The average molecular weight is 420 g/mol. The van der Waals surface area contributed by atoms with Crippen molar-refractivity contribution in [1.82, 2.24) is 41.2 Å². The highest BCUT2D eigenvalue weighted by atomic mass is 16.5. The van der Waals surface area contributed by atoms with Gasteiger partial charge in [-0.1, -0.05) is 24.3 Å². The van der Waals surface area contributed by atoms with Crippen LogP contribution in [0.25, 0.3) is 0 Å². The molecule has 2 aromatic heterocycles. The Morgan fingerprint density at radius 1 is 0.581 bits per heavy atom. The zero-order chi connectivity index (χ0) is 21.1. The van der Waals surface area contributed by atoms with Crippen molar-refractivity contribution in [2.24, 2.45) is 0 Å². The molecular weight excluding hydrogens is 396 g/mol. The van der Waals surface area contributed by atoms with Gasteiger partial charge in [0.1, 0.15) is 11.5 Å². The second kappa shape index (κ2) is 10.8. The van der Waals surface area contributed by atoms with Gasteiger partial charge in [-0.15, -0.1) is 10.2 Å². The van der Waals surface area contributed by atoms with E-state index in [0.717, 1.165) is 53.5 Å². The molecule has 0 saturated heterocycles. The van der Waals surface area contributed by atoms with E-state index in [1.165, 1.54) is 0 Å². The van der Waals surface area contributed by atoms with Gasteiger partial charge in [0.05, 0.1) is 13.2 Å². The number of rotatable bonds is 12. The number of tetrazole rings is 2. The molecule has 4 rings (SSSR count). The molecule has 0 aliphatic carbocycles. The van der Waals surface area contributed by atoms with Crippen LogP contribution in [0.1, 0.15) is 42.0 Å². The smallest absolute Gasteiger partial charge is 0.152 e. The lowest BCUT2D eigenvalue weighted by Crippen LogP contribution is -2.01. The molecule has 10 nitrogen and oxygen atoms in total. The predicted octanol–water partition coefficient (Wildman–Crippen LogP) is 2.52. The summed E-state index contributed by atoms with van der Waals surface area (Å²) in [6, 6.07) is 16.0. The van der Waals surface area contributed by atoms with Crippen molar-refractivity contribution < 1.29 is 9.47 Å². The molecule has 0 aliphatic heterocycles. The van der Waals surface area contributed by atoms with Gasteiger partial charge in [0.25, 0.3) is 0 Å². The second-order valence-electron chi connectivity index (χ2n) is 7.09. The summed E-state index contributed by atoms with van der Waals surface area (Å²) in [7, 11) is 0. The first-order chi connectivity index (χ1) is 15.3. The lowest BCUT2D eigenvalue weighted by atomic mass is 10.1. The minimum atomic E-state index is 0.676. The zero-order valence-electron chi connectivity index (χ0n) is 17.1. The Balaban J connectivity index is 1.07. The van der Waals surface area contributed by atoms with Gasteiger partial charge in [0.15, 0.2) is 11.6 Å². The van der Waals surface area contributed by atoms with Gasteiger partial charge in [-0.25, -0.2) is 10.2 Å². The van der Waals surface area contributed by atoms with E-state index in [1.54, 1.807) is 0 Å². The van der Waals surface area contributed by atoms with Crippen molar-refractivity contribution in [3.63, 3.8) is 0 Å². The SMILES string of the molecule is c1cc(OCCCCCOc2ccc(Cc3nnn[nH]3)cc2)ccc1Cc1nnn[nH]1. The average Bonchev–Trinajstić information content (AvgIpc) is 3.50. The fourth-order valence-corrected chi connectivity index (χ4v) is 3.06. The highest BCUT2D eigenvalue weighted by Gasteiger charge is 2.02. The molecule has 0 saturated carbocycles. The highest BCUT2D eigenvalue weighted by molar-refractivity contribution is 5.29. The van der Waals surface area contributed by atoms with Crippen LogP contribution in [0, 0.1) is 0 Å². The van der Waals surface area contributed by atoms with E-state index in [1.807, 2.05) is 48.5 Å². The van der Waals surface area contributed by atoms with Crippen LogP contribution in [0.5, 0.6) is 11.5 Å². The van der Waals surface area contributed by atoms with E-state index in [9.17, 15) is 0 Å². The minimum absolute atomic E-state index is 0.676. The normalized spacial score (nSPS) is 10.8. The van der Waals surface area contributed by atoms with Crippen molar-refractivity contribution in [2.45, 2.75) is 32.1 Å². The van der Waals surface area contributed by atoms with Crippen LogP contribution in [0.15, 0.2) is 48.5 Å². The zero-order valence-corrected chi connectivity index (χ0v) is 17.1. The molecule has 0 bridgehead atoms. The molecule has 160 valence electrons.